The number of carbonyl (C=O) groups excluding carboxylic acids is 1. The molecule has 1 amide bonds. The van der Waals surface area contributed by atoms with Crippen LogP contribution in [0.4, 0.5) is 5.69 Å². The first-order valence-electron chi connectivity index (χ1n) is 9.66. The van der Waals surface area contributed by atoms with Crippen LogP contribution >= 0.6 is 11.6 Å². The van der Waals surface area contributed by atoms with E-state index in [9.17, 15) is 13.2 Å². The summed E-state index contributed by atoms with van der Waals surface area (Å²) in [6.45, 7) is 1.93. The lowest BCUT2D eigenvalue weighted by molar-refractivity contribution is -0.119. The van der Waals surface area contributed by atoms with Crippen molar-refractivity contribution in [2.45, 2.75) is 37.5 Å². The molecule has 1 aliphatic rings. The van der Waals surface area contributed by atoms with Gasteiger partial charge in [-0.05, 0) is 62.4 Å². The maximum absolute atomic E-state index is 13.3. The molecule has 0 fully saturated rings. The van der Waals surface area contributed by atoms with Gasteiger partial charge in [0.15, 0.2) is 0 Å². The van der Waals surface area contributed by atoms with Gasteiger partial charge in [-0.1, -0.05) is 47.5 Å². The standard InChI is InChI=1S/C22H25ClN2O3S/c1-17-12-13-19(23)14-21(17)25(29(27,28)20-10-6-3-7-11-20)16-22(26)24-15-18-8-4-2-5-9-18/h3,6-8,10-14H,2,4-5,9,15-16H2,1H3,(H,24,26). The number of carbonyl (C=O) groups is 1. The predicted octanol–water partition coefficient (Wildman–Crippen LogP) is 4.46. The van der Waals surface area contributed by atoms with Gasteiger partial charge in [0.2, 0.25) is 5.91 Å². The molecule has 7 heteroatoms. The maximum atomic E-state index is 13.3. The van der Waals surface area contributed by atoms with Gasteiger partial charge in [0.25, 0.3) is 10.0 Å². The summed E-state index contributed by atoms with van der Waals surface area (Å²) in [5, 5.41) is 3.27. The lowest BCUT2D eigenvalue weighted by Crippen LogP contribution is -2.41. The second-order valence-corrected chi connectivity index (χ2v) is 9.44. The first-order chi connectivity index (χ1) is 13.9. The minimum absolute atomic E-state index is 0.127. The number of rotatable bonds is 7. The smallest absolute Gasteiger partial charge is 0.264 e. The summed E-state index contributed by atoms with van der Waals surface area (Å²) >= 11 is 6.13. The van der Waals surface area contributed by atoms with E-state index in [1.807, 2.05) is 0 Å². The van der Waals surface area contributed by atoms with Crippen LogP contribution in [0.2, 0.25) is 5.02 Å². The average Bonchev–Trinajstić information content (AvgIpc) is 2.73. The van der Waals surface area contributed by atoms with Gasteiger partial charge in [-0.2, -0.15) is 0 Å². The molecule has 2 aromatic carbocycles. The molecule has 0 aromatic heterocycles. The number of benzene rings is 2. The minimum Gasteiger partial charge on any atom is -0.351 e. The lowest BCUT2D eigenvalue weighted by Gasteiger charge is -2.26. The first kappa shape index (κ1) is 21.4. The Labute approximate surface area is 177 Å². The highest BCUT2D eigenvalue weighted by molar-refractivity contribution is 7.92. The van der Waals surface area contributed by atoms with Crippen LogP contribution in [-0.2, 0) is 14.8 Å². The van der Waals surface area contributed by atoms with E-state index >= 15 is 0 Å². The number of aryl methyl sites for hydroxylation is 1. The molecule has 0 aliphatic heterocycles. The number of sulfonamides is 1. The number of nitrogens with zero attached hydrogens (tertiary/aromatic N) is 1. The molecule has 0 unspecified atom stereocenters. The molecule has 0 spiro atoms. The van der Waals surface area contributed by atoms with E-state index in [1.54, 1.807) is 43.3 Å². The summed E-state index contributed by atoms with van der Waals surface area (Å²) in [5.41, 5.74) is 2.31. The predicted molar refractivity (Wildman–Crippen MR) is 117 cm³/mol. The molecule has 1 N–H and O–H groups in total. The summed E-state index contributed by atoms with van der Waals surface area (Å²) in [6, 6.07) is 13.1. The van der Waals surface area contributed by atoms with Crippen LogP contribution in [0.1, 0.15) is 31.2 Å². The highest BCUT2D eigenvalue weighted by atomic mass is 35.5. The lowest BCUT2D eigenvalue weighted by atomic mass is 10.00. The molecule has 0 heterocycles. The van der Waals surface area contributed by atoms with Crippen molar-refractivity contribution in [1.29, 1.82) is 0 Å². The van der Waals surface area contributed by atoms with Crippen molar-refractivity contribution < 1.29 is 13.2 Å². The molecule has 1 aliphatic carbocycles. The van der Waals surface area contributed by atoms with E-state index in [4.69, 9.17) is 11.6 Å². The number of allylic oxidation sites excluding steroid dienone is 1. The van der Waals surface area contributed by atoms with Crippen molar-refractivity contribution in [3.8, 4) is 0 Å². The van der Waals surface area contributed by atoms with Crippen LogP contribution in [-0.4, -0.2) is 27.4 Å². The van der Waals surface area contributed by atoms with Crippen molar-refractivity contribution >= 4 is 33.2 Å². The molecule has 0 bridgehead atoms. The average molecular weight is 433 g/mol. The summed E-state index contributed by atoms with van der Waals surface area (Å²) < 4.78 is 27.8. The Bertz CT molecular complexity index is 1000. The van der Waals surface area contributed by atoms with Crippen LogP contribution in [0.15, 0.2) is 65.1 Å². The minimum atomic E-state index is -3.93. The monoisotopic (exact) mass is 432 g/mol. The van der Waals surface area contributed by atoms with Crippen LogP contribution < -0.4 is 9.62 Å². The van der Waals surface area contributed by atoms with Crippen molar-refractivity contribution in [2.24, 2.45) is 0 Å². The van der Waals surface area contributed by atoms with E-state index in [0.29, 0.717) is 17.3 Å². The normalized spacial score (nSPS) is 14.2. The first-order valence-corrected chi connectivity index (χ1v) is 11.5. The van der Waals surface area contributed by atoms with Crippen LogP contribution in [0.25, 0.3) is 0 Å². The summed E-state index contributed by atoms with van der Waals surface area (Å²) in [5.74, 6) is -0.352. The molecule has 29 heavy (non-hydrogen) atoms. The Morgan fingerprint density at radius 2 is 1.90 bits per heavy atom. The fourth-order valence-electron chi connectivity index (χ4n) is 3.33. The summed E-state index contributed by atoms with van der Waals surface area (Å²) in [6.07, 6.45) is 6.46. The van der Waals surface area contributed by atoms with Crippen LogP contribution in [0, 0.1) is 6.92 Å². The molecular formula is C22H25ClN2O3S. The Kier molecular flexibility index (Phi) is 6.98. The molecule has 3 rings (SSSR count). The van der Waals surface area contributed by atoms with E-state index in [2.05, 4.69) is 11.4 Å². The fraction of sp³-hybridized carbons (Fsp3) is 0.318. The van der Waals surface area contributed by atoms with Gasteiger partial charge in [0, 0.05) is 11.6 Å². The number of amides is 1. The number of halogens is 1. The molecule has 0 atom stereocenters. The summed E-state index contributed by atoms with van der Waals surface area (Å²) in [4.78, 5) is 12.8. The van der Waals surface area contributed by atoms with Gasteiger partial charge < -0.3 is 5.32 Å². The highest BCUT2D eigenvalue weighted by Crippen LogP contribution is 2.29. The quantitative estimate of drug-likeness (QED) is 0.657. The third-order valence-corrected chi connectivity index (χ3v) is 6.96. The molecule has 0 saturated carbocycles. The zero-order valence-electron chi connectivity index (χ0n) is 16.4. The highest BCUT2D eigenvalue weighted by Gasteiger charge is 2.28. The number of anilines is 1. The second-order valence-electron chi connectivity index (χ2n) is 7.14. The number of nitrogens with one attached hydrogen (secondary N) is 1. The number of hydrogen-bond acceptors (Lipinski definition) is 3. The van der Waals surface area contributed by atoms with Crippen molar-refractivity contribution in [3.63, 3.8) is 0 Å². The van der Waals surface area contributed by atoms with Crippen molar-refractivity contribution in [2.75, 3.05) is 17.4 Å². The Hall–Kier alpha value is -2.31. The second kappa shape index (κ2) is 9.46. The zero-order chi connectivity index (χ0) is 20.9. The van der Waals surface area contributed by atoms with Crippen molar-refractivity contribution in [1.82, 2.24) is 5.32 Å². The van der Waals surface area contributed by atoms with E-state index in [1.165, 1.54) is 24.1 Å². The van der Waals surface area contributed by atoms with Gasteiger partial charge >= 0.3 is 0 Å². The molecule has 0 saturated heterocycles. The van der Waals surface area contributed by atoms with Gasteiger partial charge in [0.1, 0.15) is 6.54 Å². The van der Waals surface area contributed by atoms with Gasteiger partial charge in [-0.3, -0.25) is 9.10 Å². The largest absolute Gasteiger partial charge is 0.351 e. The zero-order valence-corrected chi connectivity index (χ0v) is 18.0. The van der Waals surface area contributed by atoms with Crippen LogP contribution in [0.3, 0.4) is 0 Å². The van der Waals surface area contributed by atoms with E-state index < -0.39 is 10.0 Å². The Morgan fingerprint density at radius 3 is 2.59 bits per heavy atom. The van der Waals surface area contributed by atoms with Gasteiger partial charge in [-0.15, -0.1) is 0 Å². The summed E-state index contributed by atoms with van der Waals surface area (Å²) in [7, 11) is -3.93. The Morgan fingerprint density at radius 1 is 1.14 bits per heavy atom. The molecular weight excluding hydrogens is 408 g/mol. The van der Waals surface area contributed by atoms with Gasteiger partial charge in [0.05, 0.1) is 10.6 Å². The van der Waals surface area contributed by atoms with Crippen molar-refractivity contribution in [3.05, 3.63) is 70.8 Å². The molecule has 2 aromatic rings. The number of hydrogen-bond donors (Lipinski definition) is 1. The Balaban J connectivity index is 1.88. The SMILES string of the molecule is Cc1ccc(Cl)cc1N(CC(=O)NCC1=CCCCC1)S(=O)(=O)c1ccccc1. The van der Waals surface area contributed by atoms with Crippen LogP contribution in [0.5, 0.6) is 0 Å². The van der Waals surface area contributed by atoms with Gasteiger partial charge in [-0.25, -0.2) is 8.42 Å². The molecule has 154 valence electrons. The molecule has 0 radical (unpaired) electrons. The third-order valence-electron chi connectivity index (χ3n) is 4.96. The fourth-order valence-corrected chi connectivity index (χ4v) is 5.00. The maximum Gasteiger partial charge on any atom is 0.264 e. The third kappa shape index (κ3) is 5.40. The molecule has 5 nitrogen and oxygen atoms in total. The van der Waals surface area contributed by atoms with E-state index in [-0.39, 0.29) is 17.3 Å². The topological polar surface area (TPSA) is 66.5 Å². The van der Waals surface area contributed by atoms with E-state index in [0.717, 1.165) is 29.1 Å².